The van der Waals surface area contributed by atoms with Gasteiger partial charge in [0.15, 0.2) is 0 Å². The first kappa shape index (κ1) is 15.5. The molecule has 0 aliphatic carbocycles. The molecule has 0 bridgehead atoms. The third-order valence-corrected chi connectivity index (χ3v) is 3.61. The first-order valence-corrected chi connectivity index (χ1v) is 7.32. The lowest BCUT2D eigenvalue weighted by Crippen LogP contribution is -2.38. The van der Waals surface area contributed by atoms with Gasteiger partial charge in [-0.1, -0.05) is 40.2 Å². The van der Waals surface area contributed by atoms with E-state index in [1.165, 1.54) is 0 Å². The van der Waals surface area contributed by atoms with E-state index in [4.69, 9.17) is 0 Å². The summed E-state index contributed by atoms with van der Waals surface area (Å²) in [4.78, 5) is 11.3. The van der Waals surface area contributed by atoms with Crippen molar-refractivity contribution >= 4 is 21.9 Å². The summed E-state index contributed by atoms with van der Waals surface area (Å²) in [6.45, 7) is 0.481. The van der Waals surface area contributed by atoms with E-state index >= 15 is 0 Å². The average molecular weight is 350 g/mol. The Labute approximate surface area is 131 Å². The van der Waals surface area contributed by atoms with Crippen molar-refractivity contribution in [1.82, 2.24) is 5.32 Å². The molecule has 2 rings (SSSR count). The molecule has 3 N–H and O–H groups in total. The summed E-state index contributed by atoms with van der Waals surface area (Å²) >= 11 is 3.39. The third kappa shape index (κ3) is 4.88. The number of halogens is 1. The molecule has 0 aliphatic heterocycles. The van der Waals surface area contributed by atoms with Crippen LogP contribution in [-0.2, 0) is 17.8 Å². The summed E-state index contributed by atoms with van der Waals surface area (Å²) in [6, 6.07) is 13.6. The van der Waals surface area contributed by atoms with E-state index in [9.17, 15) is 15.0 Å². The smallest absolute Gasteiger partial charge is 0.321 e. The normalized spacial score (nSPS) is 12.0. The van der Waals surface area contributed by atoms with Gasteiger partial charge in [-0.15, -0.1) is 0 Å². The van der Waals surface area contributed by atoms with Crippen LogP contribution in [0.5, 0.6) is 5.75 Å². The van der Waals surface area contributed by atoms with Crippen LogP contribution in [0.15, 0.2) is 53.0 Å². The number of aromatic hydroxyl groups is 1. The van der Waals surface area contributed by atoms with Crippen LogP contribution in [0.2, 0.25) is 0 Å². The van der Waals surface area contributed by atoms with Crippen molar-refractivity contribution in [3.05, 3.63) is 64.1 Å². The zero-order valence-electron chi connectivity index (χ0n) is 11.3. The number of phenols is 1. The summed E-state index contributed by atoms with van der Waals surface area (Å²) in [6.07, 6.45) is 0.365. The second-order valence-electron chi connectivity index (χ2n) is 4.77. The lowest BCUT2D eigenvalue weighted by molar-refractivity contribution is -0.139. The molecule has 4 nitrogen and oxygen atoms in total. The zero-order valence-corrected chi connectivity index (χ0v) is 12.9. The molecular formula is C16H16BrNO3. The van der Waals surface area contributed by atoms with Crippen LogP contribution in [0.1, 0.15) is 11.1 Å². The van der Waals surface area contributed by atoms with E-state index in [0.29, 0.717) is 13.0 Å². The van der Waals surface area contributed by atoms with Crippen molar-refractivity contribution in [3.63, 3.8) is 0 Å². The van der Waals surface area contributed by atoms with Gasteiger partial charge in [-0.05, 0) is 41.8 Å². The summed E-state index contributed by atoms with van der Waals surface area (Å²) in [7, 11) is 0. The molecule has 110 valence electrons. The third-order valence-electron chi connectivity index (χ3n) is 3.12. The second kappa shape index (κ2) is 7.24. The van der Waals surface area contributed by atoms with Crippen LogP contribution in [0, 0.1) is 0 Å². The van der Waals surface area contributed by atoms with E-state index < -0.39 is 12.0 Å². The van der Waals surface area contributed by atoms with Gasteiger partial charge in [0, 0.05) is 11.0 Å². The molecule has 0 aromatic heterocycles. The van der Waals surface area contributed by atoms with Gasteiger partial charge in [0.2, 0.25) is 0 Å². The number of phenolic OH excluding ortho intramolecular Hbond substituents is 1. The maximum Gasteiger partial charge on any atom is 0.321 e. The number of benzene rings is 2. The lowest BCUT2D eigenvalue weighted by atomic mass is 10.1. The number of carbonyl (C=O) groups is 1. The molecule has 21 heavy (non-hydrogen) atoms. The van der Waals surface area contributed by atoms with Crippen LogP contribution in [0.3, 0.4) is 0 Å². The number of aliphatic carboxylic acids is 1. The Morgan fingerprint density at radius 1 is 1.14 bits per heavy atom. The van der Waals surface area contributed by atoms with Crippen molar-refractivity contribution in [1.29, 1.82) is 0 Å². The Hall–Kier alpha value is -1.85. The Morgan fingerprint density at radius 2 is 1.86 bits per heavy atom. The average Bonchev–Trinajstić information content (AvgIpc) is 2.45. The highest BCUT2D eigenvalue weighted by atomic mass is 79.9. The molecule has 0 saturated carbocycles. The molecule has 1 atom stereocenters. The predicted octanol–water partition coefficient (Wildman–Crippen LogP) is 2.94. The predicted molar refractivity (Wildman–Crippen MR) is 84.2 cm³/mol. The molecule has 0 fully saturated rings. The molecule has 0 radical (unpaired) electrons. The van der Waals surface area contributed by atoms with Crippen molar-refractivity contribution in [2.75, 3.05) is 0 Å². The lowest BCUT2D eigenvalue weighted by Gasteiger charge is -2.15. The van der Waals surface area contributed by atoms with E-state index in [0.717, 1.165) is 15.6 Å². The quantitative estimate of drug-likeness (QED) is 0.749. The van der Waals surface area contributed by atoms with E-state index in [-0.39, 0.29) is 5.75 Å². The van der Waals surface area contributed by atoms with Gasteiger partial charge in [-0.25, -0.2) is 0 Å². The van der Waals surface area contributed by atoms with Gasteiger partial charge < -0.3 is 15.5 Å². The Bertz CT molecular complexity index is 613. The minimum atomic E-state index is -0.891. The van der Waals surface area contributed by atoms with E-state index in [1.54, 1.807) is 24.3 Å². The highest BCUT2D eigenvalue weighted by molar-refractivity contribution is 9.10. The first-order chi connectivity index (χ1) is 10.0. The van der Waals surface area contributed by atoms with Gasteiger partial charge in [-0.3, -0.25) is 4.79 Å². The fourth-order valence-corrected chi connectivity index (χ4v) is 2.45. The molecule has 0 amide bonds. The first-order valence-electron chi connectivity index (χ1n) is 6.53. The van der Waals surface area contributed by atoms with E-state index in [2.05, 4.69) is 21.2 Å². The maximum absolute atomic E-state index is 11.3. The minimum Gasteiger partial charge on any atom is -0.508 e. The highest BCUT2D eigenvalue weighted by Gasteiger charge is 2.17. The molecule has 1 unspecified atom stereocenters. The number of rotatable bonds is 6. The summed E-state index contributed by atoms with van der Waals surface area (Å²) < 4.78 is 0.965. The standard InChI is InChI=1S/C16H16BrNO3/c17-13-3-1-2-12(8-13)10-18-15(16(20)21)9-11-4-6-14(19)7-5-11/h1-8,15,18-19H,9-10H2,(H,20,21). The Morgan fingerprint density at radius 3 is 2.48 bits per heavy atom. The van der Waals surface area contributed by atoms with Crippen LogP contribution in [0.25, 0.3) is 0 Å². The van der Waals surface area contributed by atoms with Gasteiger partial charge in [0.05, 0.1) is 0 Å². The largest absolute Gasteiger partial charge is 0.508 e. The number of hydrogen-bond acceptors (Lipinski definition) is 3. The van der Waals surface area contributed by atoms with Crippen molar-refractivity contribution in [2.45, 2.75) is 19.0 Å². The van der Waals surface area contributed by atoms with Gasteiger partial charge in [-0.2, -0.15) is 0 Å². The molecule has 2 aromatic rings. The fraction of sp³-hybridized carbons (Fsp3) is 0.188. The molecule has 0 heterocycles. The SMILES string of the molecule is O=C(O)C(Cc1ccc(O)cc1)NCc1cccc(Br)c1. The van der Waals surface area contributed by atoms with Gasteiger partial charge in [0.25, 0.3) is 0 Å². The molecule has 0 aliphatic rings. The number of hydrogen-bond donors (Lipinski definition) is 3. The monoisotopic (exact) mass is 349 g/mol. The molecule has 0 saturated heterocycles. The molecular weight excluding hydrogens is 334 g/mol. The van der Waals surface area contributed by atoms with Crippen LogP contribution >= 0.6 is 15.9 Å². The van der Waals surface area contributed by atoms with E-state index in [1.807, 2.05) is 24.3 Å². The summed E-state index contributed by atoms with van der Waals surface area (Å²) in [5.74, 6) is -0.717. The summed E-state index contributed by atoms with van der Waals surface area (Å²) in [5.41, 5.74) is 1.88. The zero-order chi connectivity index (χ0) is 15.2. The van der Waals surface area contributed by atoms with Crippen LogP contribution < -0.4 is 5.32 Å². The van der Waals surface area contributed by atoms with Crippen LogP contribution in [-0.4, -0.2) is 22.2 Å². The Kier molecular flexibility index (Phi) is 5.36. The molecule has 5 heteroatoms. The van der Waals surface area contributed by atoms with Crippen molar-refractivity contribution in [2.24, 2.45) is 0 Å². The maximum atomic E-state index is 11.3. The van der Waals surface area contributed by atoms with Gasteiger partial charge in [0.1, 0.15) is 11.8 Å². The fourth-order valence-electron chi connectivity index (χ4n) is 2.00. The van der Waals surface area contributed by atoms with Gasteiger partial charge >= 0.3 is 5.97 Å². The van der Waals surface area contributed by atoms with Crippen molar-refractivity contribution < 1.29 is 15.0 Å². The molecule has 0 spiro atoms. The summed E-state index contributed by atoms with van der Waals surface area (Å²) in [5, 5.41) is 21.6. The highest BCUT2D eigenvalue weighted by Crippen LogP contribution is 2.13. The minimum absolute atomic E-state index is 0.174. The number of carboxylic acid groups (broad SMARTS) is 1. The van der Waals surface area contributed by atoms with Crippen LogP contribution in [0.4, 0.5) is 0 Å². The second-order valence-corrected chi connectivity index (χ2v) is 5.69. The van der Waals surface area contributed by atoms with Crippen molar-refractivity contribution in [3.8, 4) is 5.75 Å². The number of nitrogens with one attached hydrogen (secondary N) is 1. The number of carboxylic acids is 1. The molecule has 2 aromatic carbocycles. The topological polar surface area (TPSA) is 69.6 Å². The Balaban J connectivity index is 1.99.